The Labute approximate surface area is 143 Å². The third-order valence-corrected chi connectivity index (χ3v) is 4.34. The highest BCUT2D eigenvalue weighted by Crippen LogP contribution is 2.27. The summed E-state index contributed by atoms with van der Waals surface area (Å²) in [4.78, 5) is 2.26. The molecular weight excluding hydrogens is 296 g/mol. The number of benzene rings is 3. The van der Waals surface area contributed by atoms with E-state index in [-0.39, 0.29) is 0 Å². The highest BCUT2D eigenvalue weighted by Gasteiger charge is 2.08. The summed E-state index contributed by atoms with van der Waals surface area (Å²) in [5, 5.41) is 6.05. The van der Waals surface area contributed by atoms with Crippen molar-refractivity contribution in [3.8, 4) is 5.75 Å². The van der Waals surface area contributed by atoms with Crippen LogP contribution in [0.25, 0.3) is 10.8 Å². The maximum absolute atomic E-state index is 5.55. The van der Waals surface area contributed by atoms with Gasteiger partial charge in [-0.05, 0) is 29.0 Å². The van der Waals surface area contributed by atoms with Crippen LogP contribution in [0.2, 0.25) is 0 Å². The van der Waals surface area contributed by atoms with E-state index in [1.807, 2.05) is 6.07 Å². The number of likely N-dealkylation sites (N-methyl/N-ethyl adjacent to an activating group) is 1. The molecule has 0 aliphatic heterocycles. The van der Waals surface area contributed by atoms with Crippen LogP contribution in [-0.2, 0) is 6.54 Å². The fourth-order valence-electron chi connectivity index (χ4n) is 2.96. The van der Waals surface area contributed by atoms with Crippen molar-refractivity contribution in [3.63, 3.8) is 0 Å². The van der Waals surface area contributed by atoms with Gasteiger partial charge in [-0.25, -0.2) is 0 Å². The quantitative estimate of drug-likeness (QED) is 0.664. The lowest BCUT2D eigenvalue weighted by molar-refractivity contribution is 0.409. The van der Waals surface area contributed by atoms with Crippen molar-refractivity contribution in [3.05, 3.63) is 72.3 Å². The second kappa shape index (κ2) is 7.84. The number of para-hydroxylation sites is 1. The summed E-state index contributed by atoms with van der Waals surface area (Å²) >= 11 is 0. The Morgan fingerprint density at radius 1 is 0.917 bits per heavy atom. The molecule has 3 rings (SSSR count). The topological polar surface area (TPSA) is 24.5 Å². The molecule has 3 heteroatoms. The fraction of sp³-hybridized carbons (Fsp3) is 0.238. The minimum absolute atomic E-state index is 0.799. The molecule has 0 atom stereocenters. The van der Waals surface area contributed by atoms with Crippen LogP contribution in [0.3, 0.4) is 0 Å². The normalized spacial score (nSPS) is 10.8. The molecule has 1 N–H and O–H groups in total. The summed E-state index contributed by atoms with van der Waals surface area (Å²) in [6, 6.07) is 23.1. The van der Waals surface area contributed by atoms with Gasteiger partial charge >= 0.3 is 0 Å². The van der Waals surface area contributed by atoms with E-state index in [1.165, 1.54) is 22.0 Å². The minimum atomic E-state index is 0.799. The predicted molar refractivity (Wildman–Crippen MR) is 102 cm³/mol. The molecule has 0 saturated heterocycles. The standard InChI is InChI=1S/C21H24N2O/c1-23(18-9-4-3-5-10-18)15-14-22-16-20-19-11-7-6-8-17(19)12-13-21(20)24-2/h3-13,22H,14-16H2,1-2H3. The largest absolute Gasteiger partial charge is 0.496 e. The van der Waals surface area contributed by atoms with Crippen LogP contribution in [0.15, 0.2) is 66.7 Å². The molecule has 3 nitrogen and oxygen atoms in total. The van der Waals surface area contributed by atoms with Crippen LogP contribution in [0, 0.1) is 0 Å². The van der Waals surface area contributed by atoms with Crippen LogP contribution < -0.4 is 15.0 Å². The number of hydrogen-bond acceptors (Lipinski definition) is 3. The number of fused-ring (bicyclic) bond motifs is 1. The smallest absolute Gasteiger partial charge is 0.123 e. The molecule has 0 unspecified atom stereocenters. The summed E-state index contributed by atoms with van der Waals surface area (Å²) in [5.41, 5.74) is 2.46. The molecule has 0 spiro atoms. The summed E-state index contributed by atoms with van der Waals surface area (Å²) in [6.07, 6.45) is 0. The highest BCUT2D eigenvalue weighted by molar-refractivity contribution is 5.87. The van der Waals surface area contributed by atoms with Gasteiger partial charge in [0.1, 0.15) is 5.75 Å². The minimum Gasteiger partial charge on any atom is -0.496 e. The molecule has 3 aromatic carbocycles. The molecule has 124 valence electrons. The molecule has 3 aromatic rings. The maximum atomic E-state index is 5.55. The molecule has 0 saturated carbocycles. The first-order chi connectivity index (χ1) is 11.8. The SMILES string of the molecule is COc1ccc2ccccc2c1CNCCN(C)c1ccccc1. The van der Waals surface area contributed by atoms with Gasteiger partial charge < -0.3 is 15.0 Å². The first kappa shape index (κ1) is 16.3. The van der Waals surface area contributed by atoms with Gasteiger partial charge in [0.05, 0.1) is 7.11 Å². The summed E-state index contributed by atoms with van der Waals surface area (Å²) in [7, 11) is 3.85. The number of ether oxygens (including phenoxy) is 1. The number of hydrogen-bond donors (Lipinski definition) is 1. The fourth-order valence-corrected chi connectivity index (χ4v) is 2.96. The Bertz CT molecular complexity index is 786. The van der Waals surface area contributed by atoms with Gasteiger partial charge in [0.25, 0.3) is 0 Å². The first-order valence-corrected chi connectivity index (χ1v) is 8.31. The molecule has 0 bridgehead atoms. The molecular formula is C21H24N2O. The Balaban J connectivity index is 1.63. The van der Waals surface area contributed by atoms with E-state index >= 15 is 0 Å². The second-order valence-corrected chi connectivity index (χ2v) is 5.90. The lowest BCUT2D eigenvalue weighted by Gasteiger charge is -2.20. The number of rotatable bonds is 7. The zero-order valence-electron chi connectivity index (χ0n) is 14.3. The third kappa shape index (κ3) is 3.69. The third-order valence-electron chi connectivity index (χ3n) is 4.34. The molecule has 0 aliphatic carbocycles. The highest BCUT2D eigenvalue weighted by atomic mass is 16.5. The Morgan fingerprint density at radius 3 is 2.46 bits per heavy atom. The van der Waals surface area contributed by atoms with E-state index < -0.39 is 0 Å². The monoisotopic (exact) mass is 320 g/mol. The molecule has 0 aromatic heterocycles. The zero-order valence-corrected chi connectivity index (χ0v) is 14.3. The van der Waals surface area contributed by atoms with Gasteiger partial charge in [0.15, 0.2) is 0 Å². The summed E-state index contributed by atoms with van der Waals surface area (Å²) in [5.74, 6) is 0.942. The van der Waals surface area contributed by atoms with Crippen LogP contribution in [0.1, 0.15) is 5.56 Å². The van der Waals surface area contributed by atoms with E-state index in [9.17, 15) is 0 Å². The summed E-state index contributed by atoms with van der Waals surface area (Å²) in [6.45, 7) is 2.67. The van der Waals surface area contributed by atoms with E-state index in [0.29, 0.717) is 0 Å². The van der Waals surface area contributed by atoms with E-state index in [0.717, 1.165) is 25.4 Å². The molecule has 0 amide bonds. The van der Waals surface area contributed by atoms with E-state index in [4.69, 9.17) is 4.74 Å². The Kier molecular flexibility index (Phi) is 5.34. The lowest BCUT2D eigenvalue weighted by atomic mass is 10.0. The van der Waals surface area contributed by atoms with Crippen molar-refractivity contribution in [2.45, 2.75) is 6.54 Å². The second-order valence-electron chi connectivity index (χ2n) is 5.90. The lowest BCUT2D eigenvalue weighted by Crippen LogP contribution is -2.28. The molecule has 0 heterocycles. The van der Waals surface area contributed by atoms with Crippen molar-refractivity contribution < 1.29 is 4.74 Å². The van der Waals surface area contributed by atoms with Crippen molar-refractivity contribution in [2.75, 3.05) is 32.1 Å². The van der Waals surface area contributed by atoms with Gasteiger partial charge in [-0.1, -0.05) is 48.5 Å². The van der Waals surface area contributed by atoms with Crippen LogP contribution >= 0.6 is 0 Å². The van der Waals surface area contributed by atoms with Crippen molar-refractivity contribution >= 4 is 16.5 Å². The van der Waals surface area contributed by atoms with Crippen molar-refractivity contribution in [1.29, 1.82) is 0 Å². The average molecular weight is 320 g/mol. The van der Waals surface area contributed by atoms with Gasteiger partial charge in [0.2, 0.25) is 0 Å². The zero-order chi connectivity index (χ0) is 16.8. The Hall–Kier alpha value is -2.52. The van der Waals surface area contributed by atoms with Gasteiger partial charge in [-0.3, -0.25) is 0 Å². The predicted octanol–water partition coefficient (Wildman–Crippen LogP) is 4.07. The number of nitrogens with one attached hydrogen (secondary N) is 1. The maximum Gasteiger partial charge on any atom is 0.123 e. The molecule has 0 fully saturated rings. The van der Waals surface area contributed by atoms with Gasteiger partial charge in [0, 0.05) is 37.9 Å². The van der Waals surface area contributed by atoms with Gasteiger partial charge in [-0.2, -0.15) is 0 Å². The number of anilines is 1. The van der Waals surface area contributed by atoms with Gasteiger partial charge in [-0.15, -0.1) is 0 Å². The molecule has 0 radical (unpaired) electrons. The van der Waals surface area contributed by atoms with Crippen LogP contribution in [0.4, 0.5) is 5.69 Å². The van der Waals surface area contributed by atoms with Crippen molar-refractivity contribution in [2.24, 2.45) is 0 Å². The van der Waals surface area contributed by atoms with Crippen LogP contribution in [0.5, 0.6) is 5.75 Å². The first-order valence-electron chi connectivity index (χ1n) is 8.31. The van der Waals surface area contributed by atoms with Crippen molar-refractivity contribution in [1.82, 2.24) is 5.32 Å². The molecule has 24 heavy (non-hydrogen) atoms. The molecule has 0 aliphatic rings. The number of nitrogens with zero attached hydrogens (tertiary/aromatic N) is 1. The average Bonchev–Trinajstić information content (AvgIpc) is 2.65. The number of methoxy groups -OCH3 is 1. The van der Waals surface area contributed by atoms with Crippen LogP contribution in [-0.4, -0.2) is 27.2 Å². The Morgan fingerprint density at radius 2 is 1.67 bits per heavy atom. The van der Waals surface area contributed by atoms with E-state index in [1.54, 1.807) is 7.11 Å². The summed E-state index contributed by atoms with van der Waals surface area (Å²) < 4.78 is 5.55. The van der Waals surface area contributed by atoms with E-state index in [2.05, 4.69) is 77.9 Å².